The summed E-state index contributed by atoms with van der Waals surface area (Å²) < 4.78 is 5.03. The second-order valence-electron chi connectivity index (χ2n) is 6.08. The molecule has 0 bridgehead atoms. The fraction of sp³-hybridized carbons (Fsp3) is 0.200. The van der Waals surface area contributed by atoms with Gasteiger partial charge in [-0.15, -0.1) is 0 Å². The van der Waals surface area contributed by atoms with Gasteiger partial charge in [-0.05, 0) is 30.5 Å². The molecule has 1 fully saturated rings. The van der Waals surface area contributed by atoms with E-state index in [9.17, 15) is 19.6 Å². The number of amides is 3. The molecular weight excluding hydrogens is 346 g/mol. The van der Waals surface area contributed by atoms with Crippen molar-refractivity contribution >= 4 is 17.9 Å². The van der Waals surface area contributed by atoms with Crippen LogP contribution in [-0.4, -0.2) is 30.6 Å². The smallest absolute Gasteiger partial charge is 0.339 e. The van der Waals surface area contributed by atoms with Crippen molar-refractivity contribution in [3.8, 4) is 17.2 Å². The van der Waals surface area contributed by atoms with E-state index in [1.807, 2.05) is 0 Å². The summed E-state index contributed by atoms with van der Waals surface area (Å²) in [6.07, 6.45) is 1.80. The third-order valence-corrected chi connectivity index (χ3v) is 3.98. The molecule has 0 aliphatic heterocycles. The van der Waals surface area contributed by atoms with Crippen LogP contribution >= 0.6 is 0 Å². The summed E-state index contributed by atoms with van der Waals surface area (Å²) in [4.78, 5) is 35.7. The standard InChI is InChI=1S/C20H17N3O4/c21-11-13-5-1-2-6-15(13)16-7-3-4-8-17(16)19(25)27-12-18(24)23-20(26)22-14-9-10-14/h1-8,14H,9-10,12H2,(H2,22,23,24,26). The molecule has 136 valence electrons. The van der Waals surface area contributed by atoms with Gasteiger partial charge in [0, 0.05) is 11.6 Å². The monoisotopic (exact) mass is 363 g/mol. The fourth-order valence-electron chi connectivity index (χ4n) is 2.53. The number of nitriles is 1. The molecule has 0 saturated heterocycles. The number of esters is 1. The average Bonchev–Trinajstić information content (AvgIpc) is 3.49. The molecule has 3 rings (SSSR count). The lowest BCUT2D eigenvalue weighted by atomic mass is 9.96. The Balaban J connectivity index is 1.67. The highest BCUT2D eigenvalue weighted by Gasteiger charge is 2.24. The van der Waals surface area contributed by atoms with Gasteiger partial charge >= 0.3 is 12.0 Å². The molecule has 1 aliphatic carbocycles. The van der Waals surface area contributed by atoms with E-state index >= 15 is 0 Å². The number of nitrogens with one attached hydrogen (secondary N) is 2. The lowest BCUT2D eigenvalue weighted by Gasteiger charge is -2.11. The summed E-state index contributed by atoms with van der Waals surface area (Å²) in [7, 11) is 0. The Morgan fingerprint density at radius 3 is 2.41 bits per heavy atom. The average molecular weight is 363 g/mol. The predicted molar refractivity (Wildman–Crippen MR) is 96.6 cm³/mol. The highest BCUT2D eigenvalue weighted by Crippen LogP contribution is 2.27. The van der Waals surface area contributed by atoms with E-state index < -0.39 is 24.5 Å². The number of hydrogen-bond acceptors (Lipinski definition) is 5. The number of ether oxygens (including phenoxy) is 1. The number of urea groups is 1. The first-order valence-electron chi connectivity index (χ1n) is 8.44. The van der Waals surface area contributed by atoms with Crippen molar-refractivity contribution in [3.05, 3.63) is 59.7 Å². The van der Waals surface area contributed by atoms with Crippen molar-refractivity contribution in [2.75, 3.05) is 6.61 Å². The van der Waals surface area contributed by atoms with Crippen LogP contribution in [-0.2, 0) is 9.53 Å². The summed E-state index contributed by atoms with van der Waals surface area (Å²) >= 11 is 0. The Kier molecular flexibility index (Phi) is 5.47. The maximum atomic E-state index is 12.4. The number of carbonyl (C=O) groups is 3. The first kappa shape index (κ1) is 18.1. The molecule has 0 atom stereocenters. The van der Waals surface area contributed by atoms with E-state index in [0.717, 1.165) is 12.8 Å². The number of carbonyl (C=O) groups excluding carboxylic acids is 3. The number of nitrogens with zero attached hydrogens (tertiary/aromatic N) is 1. The molecule has 7 heteroatoms. The second-order valence-corrected chi connectivity index (χ2v) is 6.08. The van der Waals surface area contributed by atoms with Crippen LogP contribution in [0.4, 0.5) is 4.79 Å². The zero-order valence-electron chi connectivity index (χ0n) is 14.4. The van der Waals surface area contributed by atoms with Crippen LogP contribution in [0, 0.1) is 11.3 Å². The van der Waals surface area contributed by atoms with Crippen molar-refractivity contribution in [2.24, 2.45) is 0 Å². The normalized spacial score (nSPS) is 12.6. The molecule has 3 amide bonds. The maximum absolute atomic E-state index is 12.4. The second kappa shape index (κ2) is 8.15. The molecule has 2 aromatic rings. The molecule has 2 aromatic carbocycles. The highest BCUT2D eigenvalue weighted by atomic mass is 16.5. The molecule has 0 heterocycles. The predicted octanol–water partition coefficient (Wildman–Crippen LogP) is 2.37. The molecule has 0 spiro atoms. The van der Waals surface area contributed by atoms with E-state index in [1.165, 1.54) is 0 Å². The zero-order chi connectivity index (χ0) is 19.2. The van der Waals surface area contributed by atoms with E-state index in [4.69, 9.17) is 4.74 Å². The van der Waals surface area contributed by atoms with Gasteiger partial charge < -0.3 is 10.1 Å². The lowest BCUT2D eigenvalue weighted by Crippen LogP contribution is -2.42. The molecule has 0 radical (unpaired) electrons. The third-order valence-electron chi connectivity index (χ3n) is 3.98. The van der Waals surface area contributed by atoms with Crippen LogP contribution in [0.5, 0.6) is 0 Å². The Hall–Kier alpha value is -3.66. The van der Waals surface area contributed by atoms with Gasteiger partial charge in [0.05, 0.1) is 17.2 Å². The quantitative estimate of drug-likeness (QED) is 0.793. The molecular formula is C20H17N3O4. The summed E-state index contributed by atoms with van der Waals surface area (Å²) in [6, 6.07) is 15.2. The lowest BCUT2D eigenvalue weighted by molar-refractivity contribution is -0.123. The van der Waals surface area contributed by atoms with Gasteiger partial charge in [0.15, 0.2) is 6.61 Å². The molecule has 0 unspecified atom stereocenters. The van der Waals surface area contributed by atoms with Gasteiger partial charge in [-0.25, -0.2) is 9.59 Å². The summed E-state index contributed by atoms with van der Waals surface area (Å²) in [6.45, 7) is -0.578. The number of hydrogen-bond donors (Lipinski definition) is 2. The Labute approximate surface area is 155 Å². The van der Waals surface area contributed by atoms with Crippen molar-refractivity contribution in [1.82, 2.24) is 10.6 Å². The first-order valence-corrected chi connectivity index (χ1v) is 8.44. The van der Waals surface area contributed by atoms with Crippen molar-refractivity contribution in [2.45, 2.75) is 18.9 Å². The zero-order valence-corrected chi connectivity index (χ0v) is 14.4. The largest absolute Gasteiger partial charge is 0.452 e. The van der Waals surface area contributed by atoms with Crippen molar-refractivity contribution in [1.29, 1.82) is 5.26 Å². The van der Waals surface area contributed by atoms with E-state index in [0.29, 0.717) is 16.7 Å². The minimum atomic E-state index is -0.712. The molecule has 1 saturated carbocycles. The topological polar surface area (TPSA) is 108 Å². The Bertz CT molecular complexity index is 929. The van der Waals surface area contributed by atoms with Crippen molar-refractivity contribution in [3.63, 3.8) is 0 Å². The minimum Gasteiger partial charge on any atom is -0.452 e. The minimum absolute atomic E-state index is 0.118. The summed E-state index contributed by atoms with van der Waals surface area (Å²) in [5.74, 6) is -1.42. The van der Waals surface area contributed by atoms with Gasteiger partial charge in [0.1, 0.15) is 0 Å². The molecule has 0 aromatic heterocycles. The van der Waals surface area contributed by atoms with Gasteiger partial charge in [-0.1, -0.05) is 36.4 Å². The first-order chi connectivity index (χ1) is 13.1. The maximum Gasteiger partial charge on any atom is 0.339 e. The Morgan fingerprint density at radius 2 is 1.70 bits per heavy atom. The van der Waals surface area contributed by atoms with Gasteiger partial charge in [0.25, 0.3) is 5.91 Å². The molecule has 2 N–H and O–H groups in total. The van der Waals surface area contributed by atoms with E-state index in [2.05, 4.69) is 16.7 Å². The van der Waals surface area contributed by atoms with Gasteiger partial charge in [0.2, 0.25) is 0 Å². The molecule has 7 nitrogen and oxygen atoms in total. The van der Waals surface area contributed by atoms with E-state index in [1.54, 1.807) is 48.5 Å². The number of rotatable bonds is 5. The van der Waals surface area contributed by atoms with Crippen LogP contribution in [0.25, 0.3) is 11.1 Å². The summed E-state index contributed by atoms with van der Waals surface area (Å²) in [5.41, 5.74) is 1.79. The third kappa shape index (κ3) is 4.70. The van der Waals surface area contributed by atoms with Crippen LogP contribution in [0.15, 0.2) is 48.5 Å². The SMILES string of the molecule is N#Cc1ccccc1-c1ccccc1C(=O)OCC(=O)NC(=O)NC1CC1. The van der Waals surface area contributed by atoms with Gasteiger partial charge in [-0.3, -0.25) is 10.1 Å². The van der Waals surface area contributed by atoms with Crippen LogP contribution in [0.2, 0.25) is 0 Å². The fourth-order valence-corrected chi connectivity index (χ4v) is 2.53. The summed E-state index contributed by atoms with van der Waals surface area (Å²) in [5, 5.41) is 14.0. The number of benzene rings is 2. The van der Waals surface area contributed by atoms with Crippen LogP contribution in [0.3, 0.4) is 0 Å². The Morgan fingerprint density at radius 1 is 1.04 bits per heavy atom. The number of imide groups is 1. The van der Waals surface area contributed by atoms with Crippen LogP contribution < -0.4 is 10.6 Å². The van der Waals surface area contributed by atoms with Crippen molar-refractivity contribution < 1.29 is 19.1 Å². The van der Waals surface area contributed by atoms with Crippen LogP contribution in [0.1, 0.15) is 28.8 Å². The molecule has 1 aliphatic rings. The molecule has 27 heavy (non-hydrogen) atoms. The van der Waals surface area contributed by atoms with E-state index in [-0.39, 0.29) is 11.6 Å². The van der Waals surface area contributed by atoms with Gasteiger partial charge in [-0.2, -0.15) is 5.26 Å². The highest BCUT2D eigenvalue weighted by molar-refractivity contribution is 6.00.